The number of nitrogens with one attached hydrogen (secondary N) is 2. The molecule has 2 N–H and O–H groups in total. The lowest BCUT2D eigenvalue weighted by Gasteiger charge is -2.07. The van der Waals surface area contributed by atoms with Crippen molar-refractivity contribution in [2.75, 3.05) is 0 Å². The van der Waals surface area contributed by atoms with Crippen molar-refractivity contribution in [1.29, 1.82) is 0 Å². The fraction of sp³-hybridized carbons (Fsp3) is 0.500. The number of amides is 2. The number of hydrogen-bond donors (Lipinski definition) is 2. The van der Waals surface area contributed by atoms with Crippen LogP contribution in [0.2, 0.25) is 5.15 Å². The van der Waals surface area contributed by atoms with Crippen LogP contribution in [0.1, 0.15) is 55.8 Å². The Balaban J connectivity index is 2.22. The first-order valence-corrected chi connectivity index (χ1v) is 7.22. The molecule has 0 unspecified atom stereocenters. The van der Waals surface area contributed by atoms with Gasteiger partial charge in [-0.3, -0.25) is 20.4 Å². The SMILES string of the molecule is CCCCCCCC(=O)NNC(=O)c1ccnc(Cl)c1. The lowest BCUT2D eigenvalue weighted by molar-refractivity contribution is -0.122. The van der Waals surface area contributed by atoms with Crippen LogP contribution >= 0.6 is 11.6 Å². The van der Waals surface area contributed by atoms with E-state index in [9.17, 15) is 9.59 Å². The van der Waals surface area contributed by atoms with Gasteiger partial charge in [0, 0.05) is 18.2 Å². The summed E-state index contributed by atoms with van der Waals surface area (Å²) in [6.07, 6.45) is 7.25. The summed E-state index contributed by atoms with van der Waals surface area (Å²) in [5.41, 5.74) is 5.10. The fourth-order valence-corrected chi connectivity index (χ4v) is 1.87. The summed E-state index contributed by atoms with van der Waals surface area (Å²) in [5.74, 6) is -0.594. The lowest BCUT2D eigenvalue weighted by atomic mass is 10.1. The van der Waals surface area contributed by atoms with Gasteiger partial charge in [0.05, 0.1) is 0 Å². The first-order chi connectivity index (χ1) is 9.63. The van der Waals surface area contributed by atoms with Gasteiger partial charge < -0.3 is 0 Å². The van der Waals surface area contributed by atoms with Crippen LogP contribution < -0.4 is 10.9 Å². The van der Waals surface area contributed by atoms with Crippen LogP contribution in [-0.4, -0.2) is 16.8 Å². The van der Waals surface area contributed by atoms with Crippen molar-refractivity contribution in [3.8, 4) is 0 Å². The molecule has 5 nitrogen and oxygen atoms in total. The Morgan fingerprint density at radius 2 is 1.95 bits per heavy atom. The van der Waals surface area contributed by atoms with Gasteiger partial charge in [-0.15, -0.1) is 0 Å². The smallest absolute Gasteiger partial charge is 0.269 e. The molecule has 0 aromatic carbocycles. The van der Waals surface area contributed by atoms with E-state index in [4.69, 9.17) is 11.6 Å². The molecule has 0 radical (unpaired) electrons. The van der Waals surface area contributed by atoms with Gasteiger partial charge in [0.15, 0.2) is 0 Å². The minimum Gasteiger partial charge on any atom is -0.273 e. The number of halogens is 1. The third kappa shape index (κ3) is 6.52. The number of hydrazine groups is 1. The van der Waals surface area contributed by atoms with Gasteiger partial charge in [-0.05, 0) is 18.6 Å². The van der Waals surface area contributed by atoms with E-state index in [1.807, 2.05) is 0 Å². The summed E-state index contributed by atoms with van der Waals surface area (Å²) in [5, 5.41) is 0.236. The molecular weight excluding hydrogens is 278 g/mol. The first kappa shape index (κ1) is 16.4. The molecular formula is C14H20ClN3O2. The highest BCUT2D eigenvalue weighted by atomic mass is 35.5. The van der Waals surface area contributed by atoms with E-state index in [-0.39, 0.29) is 11.1 Å². The molecule has 0 spiro atoms. The van der Waals surface area contributed by atoms with Gasteiger partial charge >= 0.3 is 0 Å². The van der Waals surface area contributed by atoms with Gasteiger partial charge in [-0.2, -0.15) is 0 Å². The second kappa shape index (κ2) is 9.31. The second-order valence-electron chi connectivity index (χ2n) is 4.53. The molecule has 20 heavy (non-hydrogen) atoms. The topological polar surface area (TPSA) is 71.1 Å². The highest BCUT2D eigenvalue weighted by Crippen LogP contribution is 2.06. The number of rotatable bonds is 7. The number of carbonyl (C=O) groups excluding carboxylic acids is 2. The van der Waals surface area contributed by atoms with E-state index in [0.29, 0.717) is 12.0 Å². The summed E-state index contributed by atoms with van der Waals surface area (Å²) in [6.45, 7) is 2.15. The van der Waals surface area contributed by atoms with Crippen molar-refractivity contribution in [2.45, 2.75) is 45.4 Å². The van der Waals surface area contributed by atoms with Crippen molar-refractivity contribution in [3.63, 3.8) is 0 Å². The molecule has 0 saturated carbocycles. The largest absolute Gasteiger partial charge is 0.273 e. The Morgan fingerprint density at radius 1 is 1.20 bits per heavy atom. The predicted molar refractivity (Wildman–Crippen MR) is 78.2 cm³/mol. The Hall–Kier alpha value is -1.62. The molecule has 1 heterocycles. The molecule has 110 valence electrons. The molecule has 0 saturated heterocycles. The summed E-state index contributed by atoms with van der Waals surface area (Å²) in [6, 6.07) is 2.96. The average Bonchev–Trinajstić information content (AvgIpc) is 2.44. The van der Waals surface area contributed by atoms with Gasteiger partial charge in [-0.25, -0.2) is 4.98 Å². The van der Waals surface area contributed by atoms with Crippen LogP contribution in [0.3, 0.4) is 0 Å². The first-order valence-electron chi connectivity index (χ1n) is 6.84. The van der Waals surface area contributed by atoms with Crippen LogP contribution in [-0.2, 0) is 4.79 Å². The third-order valence-corrected chi connectivity index (χ3v) is 3.02. The minimum absolute atomic E-state index is 0.185. The van der Waals surface area contributed by atoms with Gasteiger partial charge in [0.1, 0.15) is 5.15 Å². The normalized spacial score (nSPS) is 10.1. The predicted octanol–water partition coefficient (Wildman–Crippen LogP) is 2.86. The number of hydrogen-bond acceptors (Lipinski definition) is 3. The minimum atomic E-state index is -0.409. The van der Waals surface area contributed by atoms with Crippen molar-refractivity contribution in [3.05, 3.63) is 29.0 Å². The number of unbranched alkanes of at least 4 members (excludes halogenated alkanes) is 4. The third-order valence-electron chi connectivity index (χ3n) is 2.81. The van der Waals surface area contributed by atoms with Gasteiger partial charge in [0.2, 0.25) is 5.91 Å². The maximum absolute atomic E-state index is 11.7. The van der Waals surface area contributed by atoms with E-state index in [2.05, 4.69) is 22.8 Å². The van der Waals surface area contributed by atoms with E-state index in [0.717, 1.165) is 19.3 Å². The van der Waals surface area contributed by atoms with Gasteiger partial charge in [-0.1, -0.05) is 44.2 Å². The average molecular weight is 298 g/mol. The molecule has 0 atom stereocenters. The molecule has 1 rings (SSSR count). The molecule has 0 bridgehead atoms. The van der Waals surface area contributed by atoms with E-state index >= 15 is 0 Å². The molecule has 1 aromatic heterocycles. The molecule has 0 fully saturated rings. The molecule has 1 aromatic rings. The monoisotopic (exact) mass is 297 g/mol. The molecule has 0 aliphatic rings. The van der Waals surface area contributed by atoms with E-state index in [1.54, 1.807) is 0 Å². The quantitative estimate of drug-likeness (QED) is 0.462. The zero-order valence-electron chi connectivity index (χ0n) is 11.6. The standard InChI is InChI=1S/C14H20ClN3O2/c1-2-3-4-5-6-7-13(19)17-18-14(20)11-8-9-16-12(15)10-11/h8-10H,2-7H2,1H3,(H,17,19)(H,18,20). The van der Waals surface area contributed by atoms with Crippen LogP contribution in [0.4, 0.5) is 0 Å². The lowest BCUT2D eigenvalue weighted by Crippen LogP contribution is -2.41. The molecule has 6 heteroatoms. The summed E-state index contributed by atoms with van der Waals surface area (Å²) < 4.78 is 0. The highest BCUT2D eigenvalue weighted by molar-refractivity contribution is 6.29. The van der Waals surface area contributed by atoms with E-state index < -0.39 is 5.91 Å². The number of carbonyl (C=O) groups is 2. The number of nitrogens with zero attached hydrogens (tertiary/aromatic N) is 1. The summed E-state index contributed by atoms with van der Waals surface area (Å²) in [4.78, 5) is 27.0. The fourth-order valence-electron chi connectivity index (χ4n) is 1.69. The summed E-state index contributed by atoms with van der Waals surface area (Å²) >= 11 is 5.68. The van der Waals surface area contributed by atoms with Crippen LogP contribution in [0.25, 0.3) is 0 Å². The van der Waals surface area contributed by atoms with Crippen LogP contribution in [0, 0.1) is 0 Å². The van der Waals surface area contributed by atoms with E-state index in [1.165, 1.54) is 31.2 Å². The molecule has 0 aliphatic heterocycles. The molecule has 0 aliphatic carbocycles. The van der Waals surface area contributed by atoms with Crippen LogP contribution in [0.5, 0.6) is 0 Å². The maximum Gasteiger partial charge on any atom is 0.269 e. The van der Waals surface area contributed by atoms with Gasteiger partial charge in [0.25, 0.3) is 5.91 Å². The van der Waals surface area contributed by atoms with Crippen molar-refractivity contribution in [2.24, 2.45) is 0 Å². The van der Waals surface area contributed by atoms with Crippen molar-refractivity contribution in [1.82, 2.24) is 15.8 Å². The van der Waals surface area contributed by atoms with Crippen molar-refractivity contribution >= 4 is 23.4 Å². The Bertz CT molecular complexity index is 452. The van der Waals surface area contributed by atoms with Crippen LogP contribution in [0.15, 0.2) is 18.3 Å². The highest BCUT2D eigenvalue weighted by Gasteiger charge is 2.07. The maximum atomic E-state index is 11.7. The number of pyridine rings is 1. The summed E-state index contributed by atoms with van der Waals surface area (Å²) in [7, 11) is 0. The Labute approximate surface area is 124 Å². The number of aromatic nitrogens is 1. The Morgan fingerprint density at radius 3 is 2.65 bits per heavy atom. The van der Waals surface area contributed by atoms with Crippen molar-refractivity contribution < 1.29 is 9.59 Å². The second-order valence-corrected chi connectivity index (χ2v) is 4.92. The molecule has 2 amide bonds. The Kier molecular flexibility index (Phi) is 7.65. The zero-order valence-corrected chi connectivity index (χ0v) is 12.4. The zero-order chi connectivity index (χ0) is 14.8.